The fourth-order valence-electron chi connectivity index (χ4n) is 1.69. The SMILES string of the molecule is CCc1oc(-c2ccc(N)c(C)c2)nc1C. The van der Waals surface area contributed by atoms with Gasteiger partial charge in [0.05, 0.1) is 5.69 Å². The van der Waals surface area contributed by atoms with Crippen molar-refractivity contribution in [2.24, 2.45) is 0 Å². The largest absolute Gasteiger partial charge is 0.441 e. The molecule has 0 saturated carbocycles. The zero-order valence-corrected chi connectivity index (χ0v) is 9.87. The van der Waals surface area contributed by atoms with Crippen LogP contribution in [0.5, 0.6) is 0 Å². The van der Waals surface area contributed by atoms with Crippen LogP contribution in [0.1, 0.15) is 23.9 Å². The van der Waals surface area contributed by atoms with E-state index in [-0.39, 0.29) is 0 Å². The molecular formula is C13H16N2O. The Hall–Kier alpha value is -1.77. The minimum absolute atomic E-state index is 0.678. The number of nitrogen functional groups attached to an aromatic ring is 1. The van der Waals surface area contributed by atoms with Crippen LogP contribution in [-0.2, 0) is 6.42 Å². The summed E-state index contributed by atoms with van der Waals surface area (Å²) in [5.74, 6) is 1.63. The molecule has 0 aliphatic carbocycles. The van der Waals surface area contributed by atoms with Crippen molar-refractivity contribution in [1.29, 1.82) is 0 Å². The number of nitrogens with zero attached hydrogens (tertiary/aromatic N) is 1. The summed E-state index contributed by atoms with van der Waals surface area (Å²) >= 11 is 0. The van der Waals surface area contributed by atoms with Crippen molar-refractivity contribution < 1.29 is 4.42 Å². The van der Waals surface area contributed by atoms with Crippen LogP contribution >= 0.6 is 0 Å². The van der Waals surface area contributed by atoms with Crippen LogP contribution in [0.4, 0.5) is 5.69 Å². The third kappa shape index (κ3) is 1.81. The summed E-state index contributed by atoms with van der Waals surface area (Å²) in [6, 6.07) is 5.82. The van der Waals surface area contributed by atoms with Crippen molar-refractivity contribution in [3.8, 4) is 11.5 Å². The van der Waals surface area contributed by atoms with Gasteiger partial charge in [0.2, 0.25) is 5.89 Å². The van der Waals surface area contributed by atoms with Gasteiger partial charge in [0.15, 0.2) is 0 Å². The standard InChI is InChI=1S/C13H16N2O/c1-4-12-9(3)15-13(16-12)10-5-6-11(14)8(2)7-10/h5-7H,4,14H2,1-3H3. The predicted molar refractivity (Wildman–Crippen MR) is 65.2 cm³/mol. The molecule has 3 nitrogen and oxygen atoms in total. The molecule has 2 rings (SSSR count). The smallest absolute Gasteiger partial charge is 0.226 e. The van der Waals surface area contributed by atoms with E-state index in [9.17, 15) is 0 Å². The summed E-state index contributed by atoms with van der Waals surface area (Å²) in [6.07, 6.45) is 0.868. The summed E-state index contributed by atoms with van der Waals surface area (Å²) in [5, 5.41) is 0. The lowest BCUT2D eigenvalue weighted by molar-refractivity contribution is 0.522. The highest BCUT2D eigenvalue weighted by Gasteiger charge is 2.10. The summed E-state index contributed by atoms with van der Waals surface area (Å²) < 4.78 is 5.69. The lowest BCUT2D eigenvalue weighted by Crippen LogP contribution is -1.89. The molecule has 0 fully saturated rings. The van der Waals surface area contributed by atoms with Gasteiger partial charge in [-0.2, -0.15) is 0 Å². The first-order valence-corrected chi connectivity index (χ1v) is 5.44. The highest BCUT2D eigenvalue weighted by atomic mass is 16.4. The molecular weight excluding hydrogens is 200 g/mol. The Balaban J connectivity index is 2.46. The van der Waals surface area contributed by atoms with Crippen LogP contribution in [0.3, 0.4) is 0 Å². The summed E-state index contributed by atoms with van der Waals surface area (Å²) in [6.45, 7) is 6.01. The van der Waals surface area contributed by atoms with E-state index in [0.717, 1.165) is 34.7 Å². The van der Waals surface area contributed by atoms with Crippen molar-refractivity contribution in [2.45, 2.75) is 27.2 Å². The normalized spacial score (nSPS) is 10.7. The first-order valence-electron chi connectivity index (χ1n) is 5.44. The first-order chi connectivity index (χ1) is 7.61. The molecule has 1 aromatic carbocycles. The van der Waals surface area contributed by atoms with E-state index < -0.39 is 0 Å². The first kappa shape index (κ1) is 10.7. The number of hydrogen-bond donors (Lipinski definition) is 1. The number of oxazole rings is 1. The van der Waals surface area contributed by atoms with E-state index >= 15 is 0 Å². The second-order valence-corrected chi connectivity index (χ2v) is 3.95. The predicted octanol–water partition coefficient (Wildman–Crippen LogP) is 3.10. The van der Waals surface area contributed by atoms with E-state index in [4.69, 9.17) is 10.2 Å². The summed E-state index contributed by atoms with van der Waals surface area (Å²) in [5.41, 5.74) is 9.56. The average Bonchev–Trinajstić information content (AvgIpc) is 2.64. The molecule has 0 amide bonds. The Labute approximate surface area is 95.3 Å². The molecule has 1 heterocycles. The van der Waals surface area contributed by atoms with E-state index in [1.165, 1.54) is 0 Å². The van der Waals surface area contributed by atoms with Crippen LogP contribution in [0.15, 0.2) is 22.6 Å². The van der Waals surface area contributed by atoms with Crippen LogP contribution < -0.4 is 5.73 Å². The van der Waals surface area contributed by atoms with Crippen LogP contribution in [0.25, 0.3) is 11.5 Å². The van der Waals surface area contributed by atoms with Crippen molar-refractivity contribution in [3.63, 3.8) is 0 Å². The second kappa shape index (κ2) is 4.00. The maximum Gasteiger partial charge on any atom is 0.226 e. The molecule has 3 heteroatoms. The fourth-order valence-corrected chi connectivity index (χ4v) is 1.69. The highest BCUT2D eigenvalue weighted by molar-refractivity contribution is 5.61. The molecule has 2 N–H and O–H groups in total. The minimum Gasteiger partial charge on any atom is -0.441 e. The molecule has 0 spiro atoms. The second-order valence-electron chi connectivity index (χ2n) is 3.95. The molecule has 0 saturated heterocycles. The Morgan fingerprint density at radius 2 is 2.06 bits per heavy atom. The summed E-state index contributed by atoms with van der Waals surface area (Å²) in [7, 11) is 0. The third-order valence-corrected chi connectivity index (χ3v) is 2.73. The lowest BCUT2D eigenvalue weighted by atomic mass is 10.1. The van der Waals surface area contributed by atoms with Gasteiger partial charge in [-0.1, -0.05) is 6.92 Å². The molecule has 84 valence electrons. The van der Waals surface area contributed by atoms with Gasteiger partial charge in [-0.05, 0) is 37.6 Å². The number of aryl methyl sites for hydroxylation is 3. The number of hydrogen-bond acceptors (Lipinski definition) is 3. The topological polar surface area (TPSA) is 52.0 Å². The van der Waals surface area contributed by atoms with E-state index in [1.54, 1.807) is 0 Å². The van der Waals surface area contributed by atoms with Gasteiger partial charge in [0.25, 0.3) is 0 Å². The van der Waals surface area contributed by atoms with Crippen LogP contribution in [0, 0.1) is 13.8 Å². The Kier molecular flexibility index (Phi) is 2.69. The van der Waals surface area contributed by atoms with Gasteiger partial charge in [0.1, 0.15) is 5.76 Å². The van der Waals surface area contributed by atoms with E-state index in [1.807, 2.05) is 32.0 Å². The molecule has 0 aliphatic heterocycles. The van der Waals surface area contributed by atoms with Crippen molar-refractivity contribution in [2.75, 3.05) is 5.73 Å². The molecule has 0 unspecified atom stereocenters. The zero-order valence-electron chi connectivity index (χ0n) is 9.87. The van der Waals surface area contributed by atoms with Crippen molar-refractivity contribution in [3.05, 3.63) is 35.2 Å². The number of anilines is 1. The monoisotopic (exact) mass is 216 g/mol. The molecule has 2 aromatic rings. The number of rotatable bonds is 2. The van der Waals surface area contributed by atoms with Gasteiger partial charge >= 0.3 is 0 Å². The molecule has 1 aromatic heterocycles. The minimum atomic E-state index is 0.678. The summed E-state index contributed by atoms with van der Waals surface area (Å²) in [4.78, 5) is 4.42. The lowest BCUT2D eigenvalue weighted by Gasteiger charge is -2.01. The number of benzene rings is 1. The molecule has 0 bridgehead atoms. The number of aromatic nitrogens is 1. The Bertz CT molecular complexity index is 515. The van der Waals surface area contributed by atoms with Crippen molar-refractivity contribution >= 4 is 5.69 Å². The van der Waals surface area contributed by atoms with Crippen LogP contribution in [-0.4, -0.2) is 4.98 Å². The Morgan fingerprint density at radius 1 is 1.31 bits per heavy atom. The zero-order chi connectivity index (χ0) is 11.7. The maximum atomic E-state index is 5.78. The molecule has 0 radical (unpaired) electrons. The van der Waals surface area contributed by atoms with Gasteiger partial charge in [-0.15, -0.1) is 0 Å². The fraction of sp³-hybridized carbons (Fsp3) is 0.308. The van der Waals surface area contributed by atoms with Gasteiger partial charge < -0.3 is 10.2 Å². The van der Waals surface area contributed by atoms with Gasteiger partial charge in [-0.3, -0.25) is 0 Å². The molecule has 0 aliphatic rings. The third-order valence-electron chi connectivity index (χ3n) is 2.73. The van der Waals surface area contributed by atoms with Crippen LogP contribution in [0.2, 0.25) is 0 Å². The van der Waals surface area contributed by atoms with Gasteiger partial charge in [0, 0.05) is 17.7 Å². The average molecular weight is 216 g/mol. The molecule has 0 atom stereocenters. The maximum absolute atomic E-state index is 5.78. The number of nitrogens with two attached hydrogens (primary N) is 1. The Morgan fingerprint density at radius 3 is 2.62 bits per heavy atom. The van der Waals surface area contributed by atoms with Gasteiger partial charge in [-0.25, -0.2) is 4.98 Å². The quantitative estimate of drug-likeness (QED) is 0.785. The van der Waals surface area contributed by atoms with E-state index in [2.05, 4.69) is 11.9 Å². The highest BCUT2D eigenvalue weighted by Crippen LogP contribution is 2.24. The van der Waals surface area contributed by atoms with Crippen molar-refractivity contribution in [1.82, 2.24) is 4.98 Å². The molecule has 16 heavy (non-hydrogen) atoms. The van der Waals surface area contributed by atoms with E-state index in [0.29, 0.717) is 5.89 Å².